The molecule has 4 rings (SSSR count). The van der Waals surface area contributed by atoms with Crippen molar-refractivity contribution in [2.75, 3.05) is 49.4 Å². The number of ether oxygens (including phenoxy) is 2. The van der Waals surface area contributed by atoms with Crippen molar-refractivity contribution >= 4 is 40.7 Å². The minimum absolute atomic E-state index is 0.0883. The van der Waals surface area contributed by atoms with Crippen molar-refractivity contribution in [3.8, 4) is 11.5 Å². The molecule has 0 aromatic heterocycles. The number of nitrogens with one attached hydrogen (secondary N) is 3. The minimum atomic E-state index is -0.353. The number of halogens is 1. The van der Waals surface area contributed by atoms with Gasteiger partial charge in [-0.05, 0) is 60.7 Å². The van der Waals surface area contributed by atoms with Crippen molar-refractivity contribution < 1.29 is 24.2 Å². The second-order valence-corrected chi connectivity index (χ2v) is 9.21. The van der Waals surface area contributed by atoms with Gasteiger partial charge >= 0.3 is 12.1 Å². The maximum atomic E-state index is 12.8. The van der Waals surface area contributed by atoms with E-state index in [0.29, 0.717) is 52.6 Å². The summed E-state index contributed by atoms with van der Waals surface area (Å²) in [6.07, 6.45) is 1.66. The number of hydrogen-bond acceptors (Lipinski definition) is 5. The van der Waals surface area contributed by atoms with Gasteiger partial charge < -0.3 is 35.4 Å². The first-order chi connectivity index (χ1) is 18.5. The number of nitrogens with zero attached hydrogens (tertiary/aromatic N) is 1. The summed E-state index contributed by atoms with van der Waals surface area (Å²) in [6, 6.07) is 19.4. The number of benzene rings is 3. The van der Waals surface area contributed by atoms with Crippen LogP contribution in [0.1, 0.15) is 24.3 Å². The Hall–Kier alpha value is -3.95. The summed E-state index contributed by atoms with van der Waals surface area (Å²) in [7, 11) is 1.56. The van der Waals surface area contributed by atoms with Gasteiger partial charge in [-0.15, -0.1) is 0 Å². The molecular formula is C28H31ClN4O5. The van der Waals surface area contributed by atoms with Gasteiger partial charge in [0, 0.05) is 24.8 Å². The zero-order chi connectivity index (χ0) is 26.9. The topological polar surface area (TPSA) is 112 Å². The molecule has 1 heterocycles. The summed E-state index contributed by atoms with van der Waals surface area (Å²) in [6.45, 7) is 1.32. The van der Waals surface area contributed by atoms with Gasteiger partial charge in [0.05, 0.1) is 30.1 Å². The van der Waals surface area contributed by atoms with Gasteiger partial charge in [0.15, 0.2) is 0 Å². The molecule has 0 atom stereocenters. The average molecular weight is 539 g/mol. The number of carbonyl (C=O) groups is 2. The van der Waals surface area contributed by atoms with Gasteiger partial charge in [-0.25, -0.2) is 9.59 Å². The van der Waals surface area contributed by atoms with Crippen LogP contribution in [0, 0.1) is 0 Å². The smallest absolute Gasteiger partial charge is 0.323 e. The highest BCUT2D eigenvalue weighted by Gasteiger charge is 2.24. The molecule has 4 N–H and O–H groups in total. The van der Waals surface area contributed by atoms with E-state index in [2.05, 4.69) is 16.0 Å². The molecule has 0 spiro atoms. The number of amides is 4. The number of para-hydroxylation sites is 2. The van der Waals surface area contributed by atoms with Crippen LogP contribution in [0.3, 0.4) is 0 Å². The standard InChI is InChI=1S/C28H31ClN4O5/c1-37-26-5-3-2-4-25(26)31-27(35)30-21-8-6-19(7-9-21)20-12-14-33(15-13-20)28(36)32-24-11-10-22(18-23(24)29)38-17-16-34/h2-11,18,20,34H,12-17H2,1H3,(H,32,36)(H2,30,31,35). The lowest BCUT2D eigenvalue weighted by Gasteiger charge is -2.32. The molecule has 0 bridgehead atoms. The summed E-state index contributed by atoms with van der Waals surface area (Å²) in [5.74, 6) is 1.44. The van der Waals surface area contributed by atoms with Gasteiger partial charge in [-0.1, -0.05) is 35.9 Å². The fourth-order valence-corrected chi connectivity index (χ4v) is 4.55. The number of anilines is 3. The van der Waals surface area contributed by atoms with Crippen LogP contribution in [0.25, 0.3) is 0 Å². The fourth-order valence-electron chi connectivity index (χ4n) is 4.33. The third-order valence-corrected chi connectivity index (χ3v) is 6.63. The predicted molar refractivity (Wildman–Crippen MR) is 149 cm³/mol. The molecule has 38 heavy (non-hydrogen) atoms. The summed E-state index contributed by atoms with van der Waals surface area (Å²) < 4.78 is 10.6. The van der Waals surface area contributed by atoms with E-state index in [1.54, 1.807) is 42.3 Å². The molecule has 3 aromatic carbocycles. The van der Waals surface area contributed by atoms with Crippen LogP contribution in [0.5, 0.6) is 11.5 Å². The van der Waals surface area contributed by atoms with E-state index in [9.17, 15) is 9.59 Å². The largest absolute Gasteiger partial charge is 0.495 e. The Morgan fingerprint density at radius 3 is 2.39 bits per heavy atom. The summed E-state index contributed by atoms with van der Waals surface area (Å²) >= 11 is 6.28. The molecule has 0 saturated carbocycles. The number of aliphatic hydroxyl groups excluding tert-OH is 1. The zero-order valence-corrected chi connectivity index (χ0v) is 21.8. The van der Waals surface area contributed by atoms with Crippen LogP contribution in [-0.2, 0) is 0 Å². The van der Waals surface area contributed by atoms with Gasteiger partial charge in [0.2, 0.25) is 0 Å². The van der Waals surface area contributed by atoms with Gasteiger partial charge in [-0.3, -0.25) is 0 Å². The number of carbonyl (C=O) groups excluding carboxylic acids is 2. The van der Waals surface area contributed by atoms with Crippen molar-refractivity contribution in [2.45, 2.75) is 18.8 Å². The lowest BCUT2D eigenvalue weighted by molar-refractivity contribution is 0.194. The molecule has 1 aliphatic heterocycles. The van der Waals surface area contributed by atoms with E-state index in [1.807, 2.05) is 36.4 Å². The Labute approximate surface area is 226 Å². The molecule has 3 aromatic rings. The lowest BCUT2D eigenvalue weighted by atomic mass is 9.89. The normalized spacial score (nSPS) is 13.5. The van der Waals surface area contributed by atoms with Crippen LogP contribution < -0.4 is 25.4 Å². The summed E-state index contributed by atoms with van der Waals surface area (Å²) in [5.41, 5.74) is 2.95. The van der Waals surface area contributed by atoms with Crippen molar-refractivity contribution in [1.82, 2.24) is 4.90 Å². The molecule has 10 heteroatoms. The Kier molecular flexibility index (Phi) is 9.29. The number of piperidine rings is 1. The second-order valence-electron chi connectivity index (χ2n) is 8.81. The van der Waals surface area contributed by atoms with Crippen molar-refractivity contribution in [3.63, 3.8) is 0 Å². The molecule has 4 amide bonds. The second kappa shape index (κ2) is 13.0. The third-order valence-electron chi connectivity index (χ3n) is 6.32. The van der Waals surface area contributed by atoms with E-state index < -0.39 is 0 Å². The average Bonchev–Trinajstić information content (AvgIpc) is 2.94. The highest BCUT2D eigenvalue weighted by molar-refractivity contribution is 6.33. The first kappa shape index (κ1) is 27.1. The molecule has 0 aliphatic carbocycles. The van der Waals surface area contributed by atoms with E-state index in [1.165, 1.54) is 5.56 Å². The number of methoxy groups -OCH3 is 1. The van der Waals surface area contributed by atoms with Crippen LogP contribution >= 0.6 is 11.6 Å². The maximum absolute atomic E-state index is 12.8. The van der Waals surface area contributed by atoms with Gasteiger partial charge in [0.25, 0.3) is 0 Å². The van der Waals surface area contributed by atoms with E-state index in [-0.39, 0.29) is 25.3 Å². The van der Waals surface area contributed by atoms with Crippen LogP contribution in [0.15, 0.2) is 66.7 Å². The predicted octanol–water partition coefficient (Wildman–Crippen LogP) is 5.78. The first-order valence-electron chi connectivity index (χ1n) is 12.4. The molecular weight excluding hydrogens is 508 g/mol. The van der Waals surface area contributed by atoms with Crippen LogP contribution in [0.2, 0.25) is 5.02 Å². The van der Waals surface area contributed by atoms with Gasteiger partial charge in [-0.2, -0.15) is 0 Å². The Balaban J connectivity index is 1.26. The van der Waals surface area contributed by atoms with E-state index >= 15 is 0 Å². The van der Waals surface area contributed by atoms with Crippen LogP contribution in [0.4, 0.5) is 26.7 Å². The number of rotatable bonds is 8. The molecule has 0 radical (unpaired) electrons. The van der Waals surface area contributed by atoms with Crippen molar-refractivity contribution in [2.24, 2.45) is 0 Å². The first-order valence-corrected chi connectivity index (χ1v) is 12.7. The number of aliphatic hydroxyl groups is 1. The van der Waals surface area contributed by atoms with Crippen LogP contribution in [-0.4, -0.2) is 55.5 Å². The Morgan fingerprint density at radius 1 is 0.974 bits per heavy atom. The molecule has 0 unspecified atom stereocenters. The lowest BCUT2D eigenvalue weighted by Crippen LogP contribution is -2.40. The zero-order valence-electron chi connectivity index (χ0n) is 21.1. The maximum Gasteiger partial charge on any atom is 0.323 e. The highest BCUT2D eigenvalue weighted by atomic mass is 35.5. The molecule has 1 fully saturated rings. The number of hydrogen-bond donors (Lipinski definition) is 4. The quantitative estimate of drug-likeness (QED) is 0.291. The molecule has 200 valence electrons. The molecule has 1 saturated heterocycles. The molecule has 9 nitrogen and oxygen atoms in total. The van der Waals surface area contributed by atoms with E-state index in [0.717, 1.165) is 12.8 Å². The van der Waals surface area contributed by atoms with E-state index in [4.69, 9.17) is 26.2 Å². The van der Waals surface area contributed by atoms with Crippen molar-refractivity contribution in [3.05, 3.63) is 77.3 Å². The monoisotopic (exact) mass is 538 g/mol. The SMILES string of the molecule is COc1ccccc1NC(=O)Nc1ccc(C2CCN(C(=O)Nc3ccc(OCCO)cc3Cl)CC2)cc1. The summed E-state index contributed by atoms with van der Waals surface area (Å²) in [5, 5.41) is 17.7. The Morgan fingerprint density at radius 2 is 1.71 bits per heavy atom. The fraction of sp³-hybridized carbons (Fsp3) is 0.286. The minimum Gasteiger partial charge on any atom is -0.495 e. The molecule has 1 aliphatic rings. The number of urea groups is 2. The van der Waals surface area contributed by atoms with Crippen molar-refractivity contribution in [1.29, 1.82) is 0 Å². The van der Waals surface area contributed by atoms with Gasteiger partial charge in [0.1, 0.15) is 18.1 Å². The Bertz CT molecular complexity index is 1250. The summed E-state index contributed by atoms with van der Waals surface area (Å²) in [4.78, 5) is 27.0. The number of likely N-dealkylation sites (tertiary alicyclic amines) is 1. The third kappa shape index (κ3) is 7.08. The highest BCUT2D eigenvalue weighted by Crippen LogP contribution is 2.31.